The number of carbonyl (C=O) groups is 1. The van der Waals surface area contributed by atoms with Gasteiger partial charge in [-0.05, 0) is 42.5 Å². The molecule has 2 heterocycles. The molecule has 0 amide bonds. The van der Waals surface area contributed by atoms with Gasteiger partial charge >= 0.3 is 5.97 Å². The molecule has 0 aliphatic carbocycles. The average molecular weight is 268 g/mol. The van der Waals surface area contributed by atoms with E-state index in [0.717, 1.165) is 11.5 Å². The molecule has 20 heavy (non-hydrogen) atoms. The Bertz CT molecular complexity index is 818. The molecule has 0 unspecified atom stereocenters. The molecule has 0 aliphatic heterocycles. The normalized spacial score (nSPS) is 10.7. The predicted molar refractivity (Wildman–Crippen MR) is 71.9 cm³/mol. The van der Waals surface area contributed by atoms with Gasteiger partial charge in [0.1, 0.15) is 5.82 Å². The van der Waals surface area contributed by atoms with Gasteiger partial charge in [0.15, 0.2) is 5.65 Å². The number of fused-ring (bicyclic) bond motifs is 1. The summed E-state index contributed by atoms with van der Waals surface area (Å²) in [6.45, 7) is 0. The Morgan fingerprint density at radius 2 is 2.00 bits per heavy atom. The fourth-order valence-electron chi connectivity index (χ4n) is 1.97. The number of hydrogen-bond donors (Lipinski definition) is 1. The van der Waals surface area contributed by atoms with Crippen LogP contribution in [0.2, 0.25) is 0 Å². The van der Waals surface area contributed by atoms with Crippen LogP contribution in [-0.4, -0.2) is 21.0 Å². The first-order valence-electron chi connectivity index (χ1n) is 5.89. The molecule has 5 heteroatoms. The van der Waals surface area contributed by atoms with Gasteiger partial charge in [-0.3, -0.25) is 0 Å². The van der Waals surface area contributed by atoms with Gasteiger partial charge in [0, 0.05) is 17.1 Å². The summed E-state index contributed by atoms with van der Waals surface area (Å²) < 4.78 is 13.5. The lowest BCUT2D eigenvalue weighted by atomic mass is 10.1. The molecular formula is C15H9FN2O2. The van der Waals surface area contributed by atoms with E-state index < -0.39 is 11.8 Å². The molecule has 2 aromatic heterocycles. The molecule has 1 N–H and O–H groups in total. The highest BCUT2D eigenvalue weighted by Crippen LogP contribution is 2.22. The van der Waals surface area contributed by atoms with Crippen LogP contribution >= 0.6 is 0 Å². The third kappa shape index (κ3) is 2.21. The van der Waals surface area contributed by atoms with Gasteiger partial charge in [0.05, 0.1) is 11.3 Å². The molecule has 0 fully saturated rings. The first-order chi connectivity index (χ1) is 9.63. The Kier molecular flexibility index (Phi) is 2.87. The summed E-state index contributed by atoms with van der Waals surface area (Å²) in [4.78, 5) is 19.4. The van der Waals surface area contributed by atoms with E-state index in [1.165, 1.54) is 12.1 Å². The molecule has 4 nitrogen and oxygen atoms in total. The Balaban J connectivity index is 2.17. The van der Waals surface area contributed by atoms with Gasteiger partial charge in [0.25, 0.3) is 0 Å². The molecule has 0 bridgehead atoms. The van der Waals surface area contributed by atoms with Gasteiger partial charge in [-0.2, -0.15) is 0 Å². The zero-order chi connectivity index (χ0) is 14.1. The van der Waals surface area contributed by atoms with E-state index in [9.17, 15) is 9.18 Å². The van der Waals surface area contributed by atoms with Crippen molar-refractivity contribution in [2.24, 2.45) is 0 Å². The maximum atomic E-state index is 13.5. The van der Waals surface area contributed by atoms with E-state index >= 15 is 0 Å². The van der Waals surface area contributed by atoms with E-state index in [2.05, 4.69) is 9.97 Å². The Hall–Kier alpha value is -2.82. The second kappa shape index (κ2) is 4.70. The van der Waals surface area contributed by atoms with Crippen LogP contribution in [-0.2, 0) is 0 Å². The van der Waals surface area contributed by atoms with Crippen molar-refractivity contribution in [2.75, 3.05) is 0 Å². The number of aromatic carboxylic acids is 1. The SMILES string of the molecule is O=C(O)c1cc(F)cc(-c2ccc3cccnc3n2)c1. The van der Waals surface area contributed by atoms with Crippen LogP contribution in [0.3, 0.4) is 0 Å². The summed E-state index contributed by atoms with van der Waals surface area (Å²) in [6.07, 6.45) is 1.62. The number of carboxylic acid groups (broad SMARTS) is 1. The first-order valence-corrected chi connectivity index (χ1v) is 5.89. The topological polar surface area (TPSA) is 63.1 Å². The van der Waals surface area contributed by atoms with E-state index in [0.29, 0.717) is 16.9 Å². The molecule has 0 atom stereocenters. The maximum absolute atomic E-state index is 13.5. The predicted octanol–water partition coefficient (Wildman–Crippen LogP) is 3.13. The van der Waals surface area contributed by atoms with E-state index in [1.807, 2.05) is 12.1 Å². The number of halogens is 1. The van der Waals surface area contributed by atoms with Crippen molar-refractivity contribution in [1.82, 2.24) is 9.97 Å². The Morgan fingerprint density at radius 1 is 1.15 bits per heavy atom. The standard InChI is InChI=1S/C15H9FN2O2/c16-12-7-10(6-11(8-12)15(19)20)13-4-3-9-2-1-5-17-14(9)18-13/h1-8H,(H,19,20). The molecule has 0 radical (unpaired) electrons. The van der Waals surface area contributed by atoms with E-state index in [1.54, 1.807) is 18.3 Å². The number of aromatic nitrogens is 2. The molecule has 0 spiro atoms. The van der Waals surface area contributed by atoms with E-state index in [-0.39, 0.29) is 5.56 Å². The first kappa shape index (κ1) is 12.2. The molecule has 3 aromatic rings. The van der Waals surface area contributed by atoms with Crippen molar-refractivity contribution in [3.8, 4) is 11.3 Å². The Morgan fingerprint density at radius 3 is 2.80 bits per heavy atom. The van der Waals surface area contributed by atoms with Crippen LogP contribution in [0.1, 0.15) is 10.4 Å². The lowest BCUT2D eigenvalue weighted by Crippen LogP contribution is -1.98. The largest absolute Gasteiger partial charge is 0.478 e. The summed E-state index contributed by atoms with van der Waals surface area (Å²) in [7, 11) is 0. The Labute approximate surface area is 113 Å². The highest BCUT2D eigenvalue weighted by molar-refractivity contribution is 5.89. The van der Waals surface area contributed by atoms with Crippen LogP contribution in [0.25, 0.3) is 22.3 Å². The minimum atomic E-state index is -1.18. The summed E-state index contributed by atoms with van der Waals surface area (Å²) in [5, 5.41) is 9.82. The molecule has 0 saturated carbocycles. The molecule has 3 rings (SSSR count). The lowest BCUT2D eigenvalue weighted by Gasteiger charge is -2.04. The minimum Gasteiger partial charge on any atom is -0.478 e. The minimum absolute atomic E-state index is 0.108. The van der Waals surface area contributed by atoms with Gasteiger partial charge < -0.3 is 5.11 Å². The fraction of sp³-hybridized carbons (Fsp3) is 0. The zero-order valence-corrected chi connectivity index (χ0v) is 10.2. The average Bonchev–Trinajstić information content (AvgIpc) is 2.46. The van der Waals surface area contributed by atoms with Crippen molar-refractivity contribution in [3.63, 3.8) is 0 Å². The van der Waals surface area contributed by atoms with Crippen molar-refractivity contribution in [3.05, 3.63) is 60.0 Å². The number of carboxylic acids is 1. The highest BCUT2D eigenvalue weighted by atomic mass is 19.1. The molecule has 0 saturated heterocycles. The van der Waals surface area contributed by atoms with Gasteiger partial charge in [-0.25, -0.2) is 19.2 Å². The molecule has 0 aliphatic rings. The van der Waals surface area contributed by atoms with Crippen molar-refractivity contribution in [2.45, 2.75) is 0 Å². The molecule has 1 aromatic carbocycles. The third-order valence-electron chi connectivity index (χ3n) is 2.90. The number of pyridine rings is 2. The smallest absolute Gasteiger partial charge is 0.335 e. The van der Waals surface area contributed by atoms with Crippen LogP contribution in [0.5, 0.6) is 0 Å². The number of hydrogen-bond acceptors (Lipinski definition) is 3. The summed E-state index contributed by atoms with van der Waals surface area (Å²) in [5.74, 6) is -1.78. The third-order valence-corrected chi connectivity index (χ3v) is 2.90. The van der Waals surface area contributed by atoms with Gasteiger partial charge in [-0.1, -0.05) is 0 Å². The number of nitrogens with zero attached hydrogens (tertiary/aromatic N) is 2. The van der Waals surface area contributed by atoms with Crippen molar-refractivity contribution < 1.29 is 14.3 Å². The highest BCUT2D eigenvalue weighted by Gasteiger charge is 2.10. The zero-order valence-electron chi connectivity index (χ0n) is 10.2. The van der Waals surface area contributed by atoms with Crippen LogP contribution < -0.4 is 0 Å². The quantitative estimate of drug-likeness (QED) is 0.775. The lowest BCUT2D eigenvalue weighted by molar-refractivity contribution is 0.0696. The fourth-order valence-corrected chi connectivity index (χ4v) is 1.97. The van der Waals surface area contributed by atoms with Crippen LogP contribution in [0, 0.1) is 5.82 Å². The second-order valence-electron chi connectivity index (χ2n) is 4.28. The second-order valence-corrected chi connectivity index (χ2v) is 4.28. The molecule has 98 valence electrons. The number of rotatable bonds is 2. The van der Waals surface area contributed by atoms with Crippen LogP contribution in [0.15, 0.2) is 48.7 Å². The molecular weight excluding hydrogens is 259 g/mol. The van der Waals surface area contributed by atoms with E-state index in [4.69, 9.17) is 5.11 Å². The van der Waals surface area contributed by atoms with Gasteiger partial charge in [0.2, 0.25) is 0 Å². The maximum Gasteiger partial charge on any atom is 0.335 e. The number of benzene rings is 1. The summed E-state index contributed by atoms with van der Waals surface area (Å²) >= 11 is 0. The summed E-state index contributed by atoms with van der Waals surface area (Å²) in [5.41, 5.74) is 1.32. The van der Waals surface area contributed by atoms with Crippen LogP contribution in [0.4, 0.5) is 4.39 Å². The van der Waals surface area contributed by atoms with Gasteiger partial charge in [-0.15, -0.1) is 0 Å². The van der Waals surface area contributed by atoms with Crippen molar-refractivity contribution >= 4 is 17.0 Å². The summed E-state index contributed by atoms with van der Waals surface area (Å²) in [6, 6.07) is 10.8. The van der Waals surface area contributed by atoms with Crippen molar-refractivity contribution in [1.29, 1.82) is 0 Å². The monoisotopic (exact) mass is 268 g/mol.